The first kappa shape index (κ1) is 20.1. The van der Waals surface area contributed by atoms with Crippen molar-refractivity contribution in [1.29, 1.82) is 0 Å². The molecule has 5 heteroatoms. The Kier molecular flexibility index (Phi) is 6.63. The summed E-state index contributed by atoms with van der Waals surface area (Å²) in [5, 5.41) is 0.0532. The summed E-state index contributed by atoms with van der Waals surface area (Å²) in [5.41, 5.74) is 2.27. The third kappa shape index (κ3) is 5.57. The monoisotopic (exact) mass is 378 g/mol. The normalized spacial score (nSPS) is 15.3. The highest BCUT2D eigenvalue weighted by molar-refractivity contribution is 6.74. The summed E-state index contributed by atoms with van der Waals surface area (Å²) in [4.78, 5) is 0. The Morgan fingerprint density at radius 2 is 1.64 bits per heavy atom. The lowest BCUT2D eigenvalue weighted by Gasteiger charge is -2.40. The molecule has 22 heavy (non-hydrogen) atoms. The van der Waals surface area contributed by atoms with Crippen LogP contribution in [0.25, 0.3) is 6.08 Å². The van der Waals surface area contributed by atoms with Gasteiger partial charge in [-0.25, -0.2) is 0 Å². The van der Waals surface area contributed by atoms with E-state index in [1.165, 1.54) is 5.56 Å². The van der Waals surface area contributed by atoms with Gasteiger partial charge in [0.15, 0.2) is 8.32 Å². The van der Waals surface area contributed by atoms with Crippen LogP contribution in [-0.4, -0.2) is 18.2 Å². The van der Waals surface area contributed by atoms with Gasteiger partial charge in [0, 0.05) is 0 Å². The van der Waals surface area contributed by atoms with E-state index in [-0.39, 0.29) is 5.04 Å². The Balaban J connectivity index is 3.04. The molecule has 0 saturated carbocycles. The standard InChI is InChI=1S/C17H25Cl3OSi/c1-13-9-7-8-10-14(13)11-12-15(17(18,19)20)21-22(5,6)16(2,3)4/h7-12,15H,1-6H3/b12-11+. The highest BCUT2D eigenvalue weighted by atomic mass is 35.6. The second kappa shape index (κ2) is 7.27. The van der Waals surface area contributed by atoms with Crippen molar-refractivity contribution in [2.75, 3.05) is 0 Å². The van der Waals surface area contributed by atoms with Gasteiger partial charge < -0.3 is 4.43 Å². The van der Waals surface area contributed by atoms with Gasteiger partial charge in [0.05, 0.1) is 0 Å². The SMILES string of the molecule is Cc1ccccc1/C=C/C(O[Si](C)(C)C(C)(C)C)C(Cl)(Cl)Cl. The maximum atomic E-state index is 6.28. The summed E-state index contributed by atoms with van der Waals surface area (Å²) in [6.45, 7) is 12.9. The molecule has 1 atom stereocenters. The zero-order chi connectivity index (χ0) is 17.2. The van der Waals surface area contributed by atoms with E-state index in [4.69, 9.17) is 39.2 Å². The third-order valence-electron chi connectivity index (χ3n) is 4.19. The Morgan fingerprint density at radius 1 is 1.09 bits per heavy atom. The molecule has 1 rings (SSSR count). The van der Waals surface area contributed by atoms with Crippen LogP contribution < -0.4 is 0 Å². The van der Waals surface area contributed by atoms with Crippen molar-refractivity contribution in [3.8, 4) is 0 Å². The second-order valence-electron chi connectivity index (χ2n) is 7.06. The van der Waals surface area contributed by atoms with E-state index >= 15 is 0 Å². The lowest BCUT2D eigenvalue weighted by molar-refractivity contribution is 0.229. The number of hydrogen-bond acceptors (Lipinski definition) is 1. The van der Waals surface area contributed by atoms with Gasteiger partial charge in [-0.05, 0) is 36.2 Å². The van der Waals surface area contributed by atoms with Crippen molar-refractivity contribution in [1.82, 2.24) is 0 Å². The summed E-state index contributed by atoms with van der Waals surface area (Å²) in [5.74, 6) is 0. The Bertz CT molecular complexity index is 527. The number of hydrogen-bond donors (Lipinski definition) is 0. The van der Waals surface area contributed by atoms with E-state index < -0.39 is 18.2 Å². The molecule has 0 aliphatic rings. The summed E-state index contributed by atoms with van der Waals surface area (Å²) in [7, 11) is -2.03. The number of rotatable bonds is 4. The maximum absolute atomic E-state index is 6.28. The molecule has 0 saturated heterocycles. The van der Waals surface area contributed by atoms with Crippen LogP contribution in [0.2, 0.25) is 18.1 Å². The van der Waals surface area contributed by atoms with E-state index in [0.29, 0.717) is 0 Å². The van der Waals surface area contributed by atoms with Crippen molar-refractivity contribution in [2.45, 2.75) is 55.7 Å². The van der Waals surface area contributed by atoms with Crippen LogP contribution in [0.1, 0.15) is 31.9 Å². The molecule has 1 nitrogen and oxygen atoms in total. The van der Waals surface area contributed by atoms with Crippen LogP contribution in [0.15, 0.2) is 30.3 Å². The van der Waals surface area contributed by atoms with Gasteiger partial charge in [-0.3, -0.25) is 0 Å². The van der Waals surface area contributed by atoms with Crippen molar-refractivity contribution in [2.24, 2.45) is 0 Å². The fourth-order valence-electron chi connectivity index (χ4n) is 1.67. The molecule has 124 valence electrons. The quantitative estimate of drug-likeness (QED) is 0.414. The van der Waals surface area contributed by atoms with Gasteiger partial charge in [-0.1, -0.05) is 92.0 Å². The molecule has 0 aromatic heterocycles. The number of aryl methyl sites for hydroxylation is 1. The third-order valence-corrected chi connectivity index (χ3v) is 9.29. The smallest absolute Gasteiger partial charge is 0.218 e. The van der Waals surface area contributed by atoms with Crippen molar-refractivity contribution >= 4 is 49.2 Å². The van der Waals surface area contributed by atoms with Crippen LogP contribution in [0, 0.1) is 6.92 Å². The van der Waals surface area contributed by atoms with Crippen molar-refractivity contribution < 1.29 is 4.43 Å². The molecule has 0 radical (unpaired) electrons. The molecular weight excluding hydrogens is 355 g/mol. The fraction of sp³-hybridized carbons (Fsp3) is 0.529. The van der Waals surface area contributed by atoms with Crippen LogP contribution in [0.5, 0.6) is 0 Å². The fourth-order valence-corrected chi connectivity index (χ4v) is 3.49. The predicted octanol–water partition coefficient (Wildman–Crippen LogP) is 6.77. The topological polar surface area (TPSA) is 9.23 Å². The summed E-state index contributed by atoms with van der Waals surface area (Å²) in [6.07, 6.45) is 3.25. The second-order valence-corrected chi connectivity index (χ2v) is 14.2. The van der Waals surface area contributed by atoms with Crippen molar-refractivity contribution in [3.05, 3.63) is 41.5 Å². The average Bonchev–Trinajstić information content (AvgIpc) is 2.33. The molecular formula is C17H25Cl3OSi. The number of alkyl halides is 3. The first-order valence-corrected chi connectivity index (χ1v) is 11.4. The molecule has 1 aromatic carbocycles. The summed E-state index contributed by atoms with van der Waals surface area (Å²) >= 11 is 18.4. The lowest BCUT2D eigenvalue weighted by atomic mass is 10.1. The number of benzene rings is 1. The Hall–Kier alpha value is 0.00688. The Labute approximate surface area is 150 Å². The van der Waals surface area contributed by atoms with Crippen molar-refractivity contribution in [3.63, 3.8) is 0 Å². The minimum Gasteiger partial charge on any atom is -0.406 e. The van der Waals surface area contributed by atoms with E-state index in [9.17, 15) is 0 Å². The molecule has 1 unspecified atom stereocenters. The lowest BCUT2D eigenvalue weighted by Crippen LogP contribution is -2.46. The molecule has 0 amide bonds. The highest BCUT2D eigenvalue weighted by Crippen LogP contribution is 2.42. The van der Waals surface area contributed by atoms with E-state index in [1.54, 1.807) is 0 Å². The van der Waals surface area contributed by atoms with Gasteiger partial charge in [0.25, 0.3) is 0 Å². The average molecular weight is 380 g/mol. The Morgan fingerprint density at radius 3 is 2.09 bits per heavy atom. The zero-order valence-electron chi connectivity index (χ0n) is 14.1. The molecule has 0 fully saturated rings. The minimum atomic E-state index is -2.03. The molecule has 0 aliphatic heterocycles. The van der Waals surface area contributed by atoms with Crippen LogP contribution in [-0.2, 0) is 4.43 Å². The van der Waals surface area contributed by atoms with Gasteiger partial charge in [0.1, 0.15) is 6.10 Å². The van der Waals surface area contributed by atoms with Crippen LogP contribution in [0.4, 0.5) is 0 Å². The number of halogens is 3. The highest BCUT2D eigenvalue weighted by Gasteiger charge is 2.43. The van der Waals surface area contributed by atoms with Crippen LogP contribution in [0.3, 0.4) is 0 Å². The van der Waals surface area contributed by atoms with E-state index in [2.05, 4.69) is 46.9 Å². The largest absolute Gasteiger partial charge is 0.406 e. The van der Waals surface area contributed by atoms with E-state index in [0.717, 1.165) is 5.56 Å². The minimum absolute atomic E-state index is 0.0532. The molecule has 0 aliphatic carbocycles. The van der Waals surface area contributed by atoms with Gasteiger partial charge in [-0.15, -0.1) is 0 Å². The first-order valence-electron chi connectivity index (χ1n) is 7.33. The molecule has 0 bridgehead atoms. The van der Waals surface area contributed by atoms with Crippen LogP contribution >= 0.6 is 34.8 Å². The summed E-state index contributed by atoms with van der Waals surface area (Å²) < 4.78 is 4.79. The van der Waals surface area contributed by atoms with E-state index in [1.807, 2.05) is 30.4 Å². The molecule has 0 heterocycles. The first-order chi connectivity index (χ1) is 9.84. The zero-order valence-corrected chi connectivity index (χ0v) is 17.4. The molecule has 0 spiro atoms. The van der Waals surface area contributed by atoms with Gasteiger partial charge in [0.2, 0.25) is 3.79 Å². The maximum Gasteiger partial charge on any atom is 0.218 e. The predicted molar refractivity (Wildman–Crippen MR) is 103 cm³/mol. The van der Waals surface area contributed by atoms with Gasteiger partial charge >= 0.3 is 0 Å². The molecule has 1 aromatic rings. The summed E-state index contributed by atoms with van der Waals surface area (Å²) in [6, 6.07) is 8.09. The van der Waals surface area contributed by atoms with Gasteiger partial charge in [-0.2, -0.15) is 0 Å². The molecule has 0 N–H and O–H groups in total.